The highest BCUT2D eigenvalue weighted by molar-refractivity contribution is 7.80. The van der Waals surface area contributed by atoms with E-state index in [9.17, 15) is 4.79 Å². The van der Waals surface area contributed by atoms with Gasteiger partial charge in [0.05, 0.1) is 28.5 Å². The minimum Gasteiger partial charge on any atom is -0.351 e. The van der Waals surface area contributed by atoms with Crippen molar-refractivity contribution in [2.45, 2.75) is 32.9 Å². The summed E-state index contributed by atoms with van der Waals surface area (Å²) in [6.45, 7) is 5.78. The fourth-order valence-electron chi connectivity index (χ4n) is 3.57. The smallest absolute Gasteiger partial charge is 0.226 e. The summed E-state index contributed by atoms with van der Waals surface area (Å²) in [5, 5.41) is 7.40. The van der Waals surface area contributed by atoms with E-state index >= 15 is 0 Å². The van der Waals surface area contributed by atoms with Gasteiger partial charge in [0, 0.05) is 27.6 Å². The summed E-state index contributed by atoms with van der Waals surface area (Å²) in [6.07, 6.45) is 1.79. The fourth-order valence-corrected chi connectivity index (χ4v) is 5.14. The van der Waals surface area contributed by atoms with E-state index in [1.807, 2.05) is 50.2 Å². The minimum absolute atomic E-state index is 0.0618. The van der Waals surface area contributed by atoms with E-state index in [4.69, 9.17) is 23.8 Å². The van der Waals surface area contributed by atoms with Gasteiger partial charge in [0.15, 0.2) is 5.11 Å². The van der Waals surface area contributed by atoms with Gasteiger partial charge in [0.25, 0.3) is 0 Å². The number of amides is 1. The van der Waals surface area contributed by atoms with Gasteiger partial charge in [-0.2, -0.15) is 0 Å². The Bertz CT molecular complexity index is 1120. The Morgan fingerprint density at radius 3 is 2.68 bits per heavy atom. The first-order valence-electron chi connectivity index (χ1n) is 10.0. The van der Waals surface area contributed by atoms with Gasteiger partial charge in [0.1, 0.15) is 0 Å². The molecule has 2 atom stereocenters. The predicted molar refractivity (Wildman–Crippen MR) is 132 cm³/mol. The van der Waals surface area contributed by atoms with Crippen molar-refractivity contribution in [1.29, 1.82) is 0 Å². The zero-order valence-corrected chi connectivity index (χ0v) is 19.8. The molecule has 2 N–H and O–H groups in total. The number of aryl methyl sites for hydroxylation is 1. The van der Waals surface area contributed by atoms with E-state index in [0.29, 0.717) is 15.8 Å². The third-order valence-electron chi connectivity index (χ3n) is 5.16. The van der Waals surface area contributed by atoms with Gasteiger partial charge in [-0.05, 0) is 61.6 Å². The van der Waals surface area contributed by atoms with Gasteiger partial charge >= 0.3 is 0 Å². The SMILES string of the molecule is Cc1ccc(C2C(c3ccccn3)NC(=S)N2c2ccc(NC(=O)C(C)C)c(Cl)c2)s1. The molecule has 160 valence electrons. The highest BCUT2D eigenvalue weighted by Gasteiger charge is 2.41. The zero-order chi connectivity index (χ0) is 22.1. The fraction of sp³-hybridized carbons (Fsp3) is 0.261. The average molecular weight is 471 g/mol. The first kappa shape index (κ1) is 21.7. The molecule has 4 rings (SSSR count). The van der Waals surface area contributed by atoms with E-state index in [1.165, 1.54) is 9.75 Å². The number of pyridine rings is 1. The van der Waals surface area contributed by atoms with Crippen LogP contribution in [0, 0.1) is 12.8 Å². The Balaban J connectivity index is 1.73. The summed E-state index contributed by atoms with van der Waals surface area (Å²) < 4.78 is 0. The molecule has 31 heavy (non-hydrogen) atoms. The molecule has 2 aromatic heterocycles. The molecule has 8 heteroatoms. The molecule has 0 aliphatic carbocycles. The second kappa shape index (κ2) is 8.94. The molecule has 2 unspecified atom stereocenters. The molecule has 1 aliphatic heterocycles. The third kappa shape index (κ3) is 4.44. The van der Waals surface area contributed by atoms with Crippen molar-refractivity contribution in [2.24, 2.45) is 5.92 Å². The Hall–Kier alpha value is -2.48. The van der Waals surface area contributed by atoms with E-state index in [2.05, 4.69) is 39.6 Å². The first-order chi connectivity index (χ1) is 14.8. The van der Waals surface area contributed by atoms with Crippen molar-refractivity contribution in [1.82, 2.24) is 10.3 Å². The quantitative estimate of drug-likeness (QED) is 0.456. The van der Waals surface area contributed by atoms with E-state index in [-0.39, 0.29) is 23.9 Å². The van der Waals surface area contributed by atoms with Crippen LogP contribution in [0.15, 0.2) is 54.7 Å². The van der Waals surface area contributed by atoms with Crippen LogP contribution in [0.5, 0.6) is 0 Å². The zero-order valence-electron chi connectivity index (χ0n) is 17.4. The summed E-state index contributed by atoms with van der Waals surface area (Å²) in [5.74, 6) is -0.202. The monoisotopic (exact) mass is 470 g/mol. The number of aromatic nitrogens is 1. The highest BCUT2D eigenvalue weighted by atomic mass is 35.5. The van der Waals surface area contributed by atoms with Crippen molar-refractivity contribution in [3.63, 3.8) is 0 Å². The topological polar surface area (TPSA) is 57.3 Å². The van der Waals surface area contributed by atoms with Gasteiger partial charge in [-0.25, -0.2) is 0 Å². The van der Waals surface area contributed by atoms with Gasteiger partial charge < -0.3 is 15.5 Å². The number of thiocarbonyl (C=S) groups is 1. The molecule has 0 spiro atoms. The summed E-state index contributed by atoms with van der Waals surface area (Å²) in [6, 6.07) is 15.6. The molecule has 1 saturated heterocycles. The van der Waals surface area contributed by atoms with Crippen molar-refractivity contribution in [3.05, 3.63) is 75.2 Å². The Labute approximate surface area is 196 Å². The molecule has 1 amide bonds. The van der Waals surface area contributed by atoms with Crippen molar-refractivity contribution in [2.75, 3.05) is 10.2 Å². The lowest BCUT2D eigenvalue weighted by Crippen LogP contribution is -2.29. The standard InChI is InChI=1S/C23H23ClN4OS2/c1-13(2)22(29)26-17-9-8-15(12-16(17)24)28-21(19-10-7-14(3)31-19)20(27-23(28)30)18-6-4-5-11-25-18/h4-13,20-21H,1-3H3,(H,26,29)(H,27,30). The second-order valence-electron chi connectivity index (χ2n) is 7.75. The van der Waals surface area contributed by atoms with Crippen LogP contribution < -0.4 is 15.5 Å². The number of rotatable bonds is 5. The molecule has 5 nitrogen and oxygen atoms in total. The number of anilines is 2. The summed E-state index contributed by atoms with van der Waals surface area (Å²) in [7, 11) is 0. The number of halogens is 1. The van der Waals surface area contributed by atoms with Crippen LogP contribution in [0.4, 0.5) is 11.4 Å². The van der Waals surface area contributed by atoms with E-state index in [1.54, 1.807) is 17.5 Å². The van der Waals surface area contributed by atoms with Crippen molar-refractivity contribution < 1.29 is 4.79 Å². The van der Waals surface area contributed by atoms with Gasteiger partial charge in [-0.1, -0.05) is 31.5 Å². The number of carbonyl (C=O) groups is 1. The normalized spacial score (nSPS) is 18.4. The number of nitrogens with one attached hydrogen (secondary N) is 2. The van der Waals surface area contributed by atoms with Crippen LogP contribution in [-0.2, 0) is 4.79 Å². The van der Waals surface area contributed by atoms with E-state index in [0.717, 1.165) is 11.4 Å². The van der Waals surface area contributed by atoms with Gasteiger partial charge in [-0.15, -0.1) is 11.3 Å². The van der Waals surface area contributed by atoms with Crippen LogP contribution in [0.3, 0.4) is 0 Å². The summed E-state index contributed by atoms with van der Waals surface area (Å²) in [4.78, 5) is 21.2. The number of benzene rings is 1. The summed E-state index contributed by atoms with van der Waals surface area (Å²) >= 11 is 14.0. The predicted octanol–water partition coefficient (Wildman–Crippen LogP) is 5.88. The Morgan fingerprint density at radius 1 is 1.26 bits per heavy atom. The minimum atomic E-state index is -0.128. The molecule has 1 aliphatic rings. The molecule has 0 saturated carbocycles. The lowest BCUT2D eigenvalue weighted by molar-refractivity contribution is -0.118. The van der Waals surface area contributed by atoms with Gasteiger partial charge in [-0.3, -0.25) is 9.78 Å². The first-order valence-corrected chi connectivity index (χ1v) is 11.6. The molecule has 3 aromatic rings. The molecule has 0 bridgehead atoms. The summed E-state index contributed by atoms with van der Waals surface area (Å²) in [5.41, 5.74) is 2.38. The lowest BCUT2D eigenvalue weighted by atomic mass is 10.0. The highest BCUT2D eigenvalue weighted by Crippen LogP contribution is 2.44. The molecular weight excluding hydrogens is 448 g/mol. The largest absolute Gasteiger partial charge is 0.351 e. The average Bonchev–Trinajstić information content (AvgIpc) is 3.32. The molecule has 0 radical (unpaired) electrons. The maximum absolute atomic E-state index is 12.1. The van der Waals surface area contributed by atoms with Crippen LogP contribution in [0.2, 0.25) is 5.02 Å². The maximum Gasteiger partial charge on any atom is 0.226 e. The molecule has 1 fully saturated rings. The van der Waals surface area contributed by atoms with Gasteiger partial charge in [0.2, 0.25) is 5.91 Å². The number of hydrogen-bond donors (Lipinski definition) is 2. The third-order valence-corrected chi connectivity index (χ3v) is 6.86. The molecule has 1 aromatic carbocycles. The second-order valence-corrected chi connectivity index (χ2v) is 9.87. The van der Waals surface area contributed by atoms with Crippen LogP contribution in [0.1, 0.15) is 41.4 Å². The lowest BCUT2D eigenvalue weighted by Gasteiger charge is -2.27. The Morgan fingerprint density at radius 2 is 2.06 bits per heavy atom. The molecular formula is C23H23ClN4OS2. The Kier molecular flexibility index (Phi) is 6.27. The van der Waals surface area contributed by atoms with Crippen molar-refractivity contribution in [3.8, 4) is 0 Å². The number of nitrogens with zero attached hydrogens (tertiary/aromatic N) is 2. The number of thiophene rings is 1. The maximum atomic E-state index is 12.1. The van der Waals surface area contributed by atoms with Crippen LogP contribution >= 0.6 is 35.2 Å². The van der Waals surface area contributed by atoms with Crippen LogP contribution in [0.25, 0.3) is 0 Å². The number of hydrogen-bond acceptors (Lipinski definition) is 4. The molecule has 3 heterocycles. The van der Waals surface area contributed by atoms with E-state index < -0.39 is 0 Å². The van der Waals surface area contributed by atoms with Crippen molar-refractivity contribution >= 4 is 57.5 Å². The van der Waals surface area contributed by atoms with Crippen LogP contribution in [-0.4, -0.2) is 16.0 Å². The number of carbonyl (C=O) groups excluding carboxylic acids is 1.